The summed E-state index contributed by atoms with van der Waals surface area (Å²) in [6.45, 7) is 5.47. The smallest absolute Gasteiger partial charge is 0.416 e. The number of rotatable bonds is 6. The molecule has 0 unspecified atom stereocenters. The van der Waals surface area contributed by atoms with E-state index in [1.807, 2.05) is 13.0 Å². The second-order valence-corrected chi connectivity index (χ2v) is 8.30. The van der Waals surface area contributed by atoms with Crippen LogP contribution >= 0.6 is 0 Å². The van der Waals surface area contributed by atoms with E-state index >= 15 is 0 Å². The zero-order chi connectivity index (χ0) is 27.4. The van der Waals surface area contributed by atoms with Crippen molar-refractivity contribution in [3.05, 3.63) is 89.3 Å². The first-order valence-corrected chi connectivity index (χ1v) is 11.6. The summed E-state index contributed by atoms with van der Waals surface area (Å²) >= 11 is 0. The molecule has 38 heavy (non-hydrogen) atoms. The van der Waals surface area contributed by atoms with Gasteiger partial charge in [0.1, 0.15) is 17.4 Å². The molecule has 2 aromatic carbocycles. The number of nitrogens with one attached hydrogen (secondary N) is 2. The summed E-state index contributed by atoms with van der Waals surface area (Å²) in [5.41, 5.74) is 1.34. The van der Waals surface area contributed by atoms with Gasteiger partial charge in [0.25, 0.3) is 0 Å². The molecule has 0 fully saturated rings. The SMILES string of the molecule is CCc1nccc(-c2cccnc2Oc2ccc(NC(=O)Nc3cc(C(F)(F)F)ccc3F)c(C)c2C)n1. The number of ether oxygens (including phenoxy) is 1. The highest BCUT2D eigenvalue weighted by Crippen LogP contribution is 2.35. The summed E-state index contributed by atoms with van der Waals surface area (Å²) in [5.74, 6) is 0.491. The highest BCUT2D eigenvalue weighted by atomic mass is 19.4. The summed E-state index contributed by atoms with van der Waals surface area (Å²) in [6.07, 6.45) is -0.741. The Kier molecular flexibility index (Phi) is 7.56. The number of nitrogens with zero attached hydrogens (tertiary/aromatic N) is 3. The Morgan fingerprint density at radius 1 is 0.947 bits per heavy atom. The number of urea groups is 1. The Hall–Kier alpha value is -4.54. The molecule has 196 valence electrons. The fourth-order valence-electron chi connectivity index (χ4n) is 3.61. The van der Waals surface area contributed by atoms with Gasteiger partial charge in [-0.25, -0.2) is 24.1 Å². The summed E-state index contributed by atoms with van der Waals surface area (Å²) in [7, 11) is 0. The largest absolute Gasteiger partial charge is 0.438 e. The first kappa shape index (κ1) is 26.5. The normalized spacial score (nSPS) is 11.2. The highest BCUT2D eigenvalue weighted by molar-refractivity contribution is 6.00. The van der Waals surface area contributed by atoms with Crippen LogP contribution in [0.1, 0.15) is 29.4 Å². The maximum absolute atomic E-state index is 14.0. The Morgan fingerprint density at radius 3 is 2.45 bits per heavy atom. The van der Waals surface area contributed by atoms with Crippen molar-refractivity contribution >= 4 is 17.4 Å². The third kappa shape index (κ3) is 5.88. The van der Waals surface area contributed by atoms with E-state index in [0.717, 1.165) is 0 Å². The minimum atomic E-state index is -4.68. The van der Waals surface area contributed by atoms with Crippen molar-refractivity contribution in [2.45, 2.75) is 33.4 Å². The van der Waals surface area contributed by atoms with Crippen LogP contribution in [0.3, 0.4) is 0 Å². The minimum Gasteiger partial charge on any atom is -0.438 e. The zero-order valence-corrected chi connectivity index (χ0v) is 20.7. The van der Waals surface area contributed by atoms with Crippen molar-refractivity contribution in [3.8, 4) is 22.9 Å². The van der Waals surface area contributed by atoms with Gasteiger partial charge in [-0.3, -0.25) is 0 Å². The van der Waals surface area contributed by atoms with E-state index in [4.69, 9.17) is 4.74 Å². The maximum Gasteiger partial charge on any atom is 0.416 e. The predicted octanol–water partition coefficient (Wildman–Crippen LogP) is 7.31. The predicted molar refractivity (Wildman–Crippen MR) is 135 cm³/mol. The molecule has 0 spiro atoms. The van der Waals surface area contributed by atoms with E-state index in [1.165, 1.54) is 0 Å². The second kappa shape index (κ2) is 10.8. The van der Waals surface area contributed by atoms with Gasteiger partial charge in [0, 0.05) is 24.5 Å². The van der Waals surface area contributed by atoms with E-state index in [-0.39, 0.29) is 0 Å². The third-order valence-electron chi connectivity index (χ3n) is 5.80. The van der Waals surface area contributed by atoms with E-state index in [1.54, 1.807) is 50.5 Å². The van der Waals surface area contributed by atoms with Crippen LogP contribution in [0.2, 0.25) is 0 Å². The lowest BCUT2D eigenvalue weighted by Crippen LogP contribution is -2.21. The lowest BCUT2D eigenvalue weighted by molar-refractivity contribution is -0.137. The molecule has 2 heterocycles. The fourth-order valence-corrected chi connectivity index (χ4v) is 3.61. The Morgan fingerprint density at radius 2 is 1.71 bits per heavy atom. The molecule has 2 amide bonds. The molecule has 4 rings (SSSR count). The number of halogens is 4. The van der Waals surface area contributed by atoms with Crippen LogP contribution in [-0.4, -0.2) is 21.0 Å². The van der Waals surface area contributed by atoms with Crippen LogP contribution in [0.5, 0.6) is 11.6 Å². The molecule has 4 aromatic rings. The molecule has 0 bridgehead atoms. The third-order valence-corrected chi connectivity index (χ3v) is 5.80. The van der Waals surface area contributed by atoms with Crippen LogP contribution in [0.15, 0.2) is 60.9 Å². The Balaban J connectivity index is 1.54. The van der Waals surface area contributed by atoms with Gasteiger partial charge in [-0.1, -0.05) is 6.92 Å². The van der Waals surface area contributed by atoms with Crippen LogP contribution in [0.4, 0.5) is 33.7 Å². The number of pyridine rings is 1. The summed E-state index contributed by atoms with van der Waals surface area (Å²) in [5, 5.41) is 4.67. The Bertz CT molecular complexity index is 1490. The number of aromatic nitrogens is 3. The van der Waals surface area contributed by atoms with Crippen LogP contribution in [0.25, 0.3) is 11.3 Å². The summed E-state index contributed by atoms with van der Waals surface area (Å²) < 4.78 is 59.0. The van der Waals surface area contributed by atoms with Crippen molar-refractivity contribution in [1.82, 2.24) is 15.0 Å². The molecule has 0 saturated heterocycles. The standard InChI is InChI=1S/C27H23F4N5O2/c1-4-24-32-13-11-21(34-24)18-6-5-12-33-25(18)38-23-10-9-20(15(2)16(23)3)35-26(37)36-22-14-17(27(29,30)31)7-8-19(22)28/h5-14H,4H2,1-3H3,(H2,35,36,37). The summed E-state index contributed by atoms with van der Waals surface area (Å²) in [6, 6.07) is 9.45. The minimum absolute atomic E-state index is 0.328. The average molecular weight is 526 g/mol. The number of carbonyl (C=O) groups excluding carboxylic acids is 1. The first-order valence-electron chi connectivity index (χ1n) is 11.6. The van der Waals surface area contributed by atoms with E-state index in [0.29, 0.717) is 70.1 Å². The van der Waals surface area contributed by atoms with Gasteiger partial charge in [0.2, 0.25) is 5.88 Å². The molecule has 2 N–H and O–H groups in total. The second-order valence-electron chi connectivity index (χ2n) is 8.30. The average Bonchev–Trinajstić information content (AvgIpc) is 2.89. The fraction of sp³-hybridized carbons (Fsp3) is 0.185. The van der Waals surface area contributed by atoms with Gasteiger partial charge in [-0.05, 0) is 73.5 Å². The zero-order valence-electron chi connectivity index (χ0n) is 20.7. The highest BCUT2D eigenvalue weighted by Gasteiger charge is 2.31. The molecular formula is C27H23F4N5O2. The molecule has 0 saturated carbocycles. The van der Waals surface area contributed by atoms with Crippen molar-refractivity contribution < 1.29 is 27.1 Å². The monoisotopic (exact) mass is 525 g/mol. The van der Waals surface area contributed by atoms with Crippen LogP contribution in [0, 0.1) is 19.7 Å². The number of benzene rings is 2. The van der Waals surface area contributed by atoms with Crippen molar-refractivity contribution in [1.29, 1.82) is 0 Å². The number of amides is 2. The lowest BCUT2D eigenvalue weighted by Gasteiger charge is -2.16. The van der Waals surface area contributed by atoms with Crippen LogP contribution < -0.4 is 15.4 Å². The molecule has 7 nitrogen and oxygen atoms in total. The molecule has 0 aliphatic heterocycles. The van der Waals surface area contributed by atoms with Gasteiger partial charge in [-0.2, -0.15) is 13.2 Å². The van der Waals surface area contributed by atoms with Gasteiger partial charge in [-0.15, -0.1) is 0 Å². The molecule has 11 heteroatoms. The van der Waals surface area contributed by atoms with Gasteiger partial charge in [0.15, 0.2) is 0 Å². The quantitative estimate of drug-likeness (QED) is 0.258. The van der Waals surface area contributed by atoms with Crippen molar-refractivity contribution in [3.63, 3.8) is 0 Å². The van der Waals surface area contributed by atoms with Gasteiger partial charge < -0.3 is 15.4 Å². The van der Waals surface area contributed by atoms with E-state index in [9.17, 15) is 22.4 Å². The van der Waals surface area contributed by atoms with Gasteiger partial charge >= 0.3 is 12.2 Å². The van der Waals surface area contributed by atoms with Gasteiger partial charge in [0.05, 0.1) is 22.5 Å². The number of anilines is 2. The number of aryl methyl sites for hydroxylation is 1. The Labute approximate surface area is 215 Å². The molecule has 2 aromatic heterocycles. The first-order chi connectivity index (χ1) is 18.1. The summed E-state index contributed by atoms with van der Waals surface area (Å²) in [4.78, 5) is 25.6. The molecule has 0 aliphatic carbocycles. The molecule has 0 atom stereocenters. The number of carbonyl (C=O) groups is 1. The molecular weight excluding hydrogens is 502 g/mol. The van der Waals surface area contributed by atoms with Crippen molar-refractivity contribution in [2.75, 3.05) is 10.6 Å². The van der Waals surface area contributed by atoms with E-state index in [2.05, 4.69) is 25.6 Å². The van der Waals surface area contributed by atoms with Crippen LogP contribution in [-0.2, 0) is 12.6 Å². The molecule has 0 aliphatic rings. The van der Waals surface area contributed by atoms with E-state index < -0.39 is 29.3 Å². The number of hydrogen-bond acceptors (Lipinski definition) is 5. The number of hydrogen-bond donors (Lipinski definition) is 2. The maximum atomic E-state index is 14.0. The number of alkyl halides is 3. The molecule has 0 radical (unpaired) electrons. The van der Waals surface area contributed by atoms with Crippen molar-refractivity contribution in [2.24, 2.45) is 0 Å². The topological polar surface area (TPSA) is 89.0 Å². The lowest BCUT2D eigenvalue weighted by atomic mass is 10.1.